The van der Waals surface area contributed by atoms with Gasteiger partial charge in [-0.1, -0.05) is 124 Å². The molecule has 2 atom stereocenters. The van der Waals surface area contributed by atoms with Crippen LogP contribution in [0.5, 0.6) is 0 Å². The van der Waals surface area contributed by atoms with Crippen LogP contribution in [0.2, 0.25) is 5.15 Å². The monoisotopic (exact) mass is 659 g/mol. The molecule has 0 bridgehead atoms. The van der Waals surface area contributed by atoms with Crippen LogP contribution in [0.25, 0.3) is 6.08 Å². The van der Waals surface area contributed by atoms with Gasteiger partial charge in [0.2, 0.25) is 5.91 Å². The number of unbranched alkanes of at least 4 members (excludes halogenated alkanes) is 1. The molecule has 2 aliphatic rings. The molecule has 2 unspecified atom stereocenters. The molecule has 0 saturated heterocycles. The van der Waals surface area contributed by atoms with Gasteiger partial charge in [-0.25, -0.2) is 9.78 Å². The van der Waals surface area contributed by atoms with E-state index in [9.17, 15) is 19.8 Å². The topological polar surface area (TPSA) is 104 Å². The van der Waals surface area contributed by atoms with Crippen molar-refractivity contribution in [1.82, 2.24) is 14.9 Å². The molecule has 0 aliphatic heterocycles. The van der Waals surface area contributed by atoms with Gasteiger partial charge < -0.3 is 20.1 Å². The maximum Gasteiger partial charge on any atom is 0.331 e. The van der Waals surface area contributed by atoms with Crippen molar-refractivity contribution >= 4 is 29.6 Å². The smallest absolute Gasteiger partial charge is 0.331 e. The summed E-state index contributed by atoms with van der Waals surface area (Å²) in [6.45, 7) is 2.81. The van der Waals surface area contributed by atoms with Gasteiger partial charge in [0.25, 0.3) is 0 Å². The van der Waals surface area contributed by atoms with Crippen molar-refractivity contribution in [3.8, 4) is 0 Å². The summed E-state index contributed by atoms with van der Waals surface area (Å²) in [4.78, 5) is 30.7. The number of carbonyl (C=O) groups excluding carboxylic acids is 1. The number of aliphatic hydroxyl groups is 1. The lowest BCUT2D eigenvalue weighted by Gasteiger charge is -2.24. The van der Waals surface area contributed by atoms with E-state index in [1.165, 1.54) is 6.42 Å². The molecule has 3 aromatic rings. The molecule has 2 saturated carbocycles. The van der Waals surface area contributed by atoms with E-state index in [0.717, 1.165) is 93.1 Å². The van der Waals surface area contributed by atoms with Crippen molar-refractivity contribution in [2.24, 2.45) is 11.8 Å². The third kappa shape index (κ3) is 9.35. The Bertz CT molecular complexity index is 1490. The third-order valence-electron chi connectivity index (χ3n) is 10.1. The Morgan fingerprint density at radius 2 is 1.66 bits per heavy atom. The molecule has 0 radical (unpaired) electrons. The van der Waals surface area contributed by atoms with Crippen LogP contribution in [-0.2, 0) is 22.6 Å². The Morgan fingerprint density at radius 1 is 0.979 bits per heavy atom. The Labute approximate surface area is 284 Å². The van der Waals surface area contributed by atoms with E-state index in [0.29, 0.717) is 35.3 Å². The first-order valence-corrected chi connectivity index (χ1v) is 18.0. The summed E-state index contributed by atoms with van der Waals surface area (Å²) in [6, 6.07) is 17.6. The number of aryl methyl sites for hydroxylation is 1. The van der Waals surface area contributed by atoms with E-state index in [2.05, 4.69) is 41.1 Å². The summed E-state index contributed by atoms with van der Waals surface area (Å²) in [5.74, 6) is 0.280. The number of halogens is 1. The van der Waals surface area contributed by atoms with Gasteiger partial charge in [0.1, 0.15) is 5.82 Å². The molecule has 2 aliphatic carbocycles. The first-order chi connectivity index (χ1) is 22.8. The van der Waals surface area contributed by atoms with E-state index < -0.39 is 12.1 Å². The van der Waals surface area contributed by atoms with Crippen LogP contribution >= 0.6 is 11.6 Å². The number of imidazole rings is 1. The van der Waals surface area contributed by atoms with Crippen LogP contribution in [0.15, 0.2) is 60.2 Å². The number of hydrogen-bond acceptors (Lipinski definition) is 4. The van der Waals surface area contributed by atoms with Gasteiger partial charge in [0, 0.05) is 25.1 Å². The van der Waals surface area contributed by atoms with Crippen molar-refractivity contribution in [2.75, 3.05) is 6.54 Å². The molecule has 0 spiro atoms. The number of carboxylic acid groups (broad SMARTS) is 1. The highest BCUT2D eigenvalue weighted by Crippen LogP contribution is 2.38. The quantitative estimate of drug-likeness (QED) is 0.142. The van der Waals surface area contributed by atoms with Crippen molar-refractivity contribution < 1.29 is 19.8 Å². The second-order valence-corrected chi connectivity index (χ2v) is 13.9. The maximum absolute atomic E-state index is 13.6. The zero-order valence-corrected chi connectivity index (χ0v) is 28.4. The van der Waals surface area contributed by atoms with Gasteiger partial charge >= 0.3 is 5.97 Å². The second kappa shape index (κ2) is 17.1. The molecule has 1 heterocycles. The fourth-order valence-electron chi connectivity index (χ4n) is 7.44. The molecule has 2 fully saturated rings. The zero-order chi connectivity index (χ0) is 33.2. The van der Waals surface area contributed by atoms with Crippen LogP contribution in [-0.4, -0.2) is 38.2 Å². The van der Waals surface area contributed by atoms with Gasteiger partial charge in [0.05, 0.1) is 17.7 Å². The fraction of sp³-hybridized carbons (Fsp3) is 0.513. The molecule has 2 aromatic carbocycles. The molecule has 252 valence electrons. The number of carboxylic acids is 1. The Kier molecular flexibility index (Phi) is 12.7. The SMILES string of the molecule is CCCCc1nc(Cl)c(/C=C(\CC2CCCCC2)C(=O)O)n1Cc1ccc(C(C(=O)NCC(O)c2ccccc2)C2CCCC2)cc1. The minimum absolute atomic E-state index is 0.0468. The highest BCUT2D eigenvalue weighted by molar-refractivity contribution is 6.30. The van der Waals surface area contributed by atoms with Crippen molar-refractivity contribution in [2.45, 2.75) is 109 Å². The number of aliphatic hydroxyl groups excluding tert-OH is 1. The van der Waals surface area contributed by atoms with Crippen molar-refractivity contribution in [1.29, 1.82) is 0 Å². The molecule has 1 aromatic heterocycles. The Hall–Kier alpha value is -3.42. The van der Waals surface area contributed by atoms with Gasteiger partial charge in [-0.05, 0) is 60.3 Å². The lowest BCUT2D eigenvalue weighted by atomic mass is 9.83. The predicted octanol–water partition coefficient (Wildman–Crippen LogP) is 8.49. The van der Waals surface area contributed by atoms with E-state index >= 15 is 0 Å². The van der Waals surface area contributed by atoms with Gasteiger partial charge in [0.15, 0.2) is 5.15 Å². The number of aromatic nitrogens is 2. The molecular weight excluding hydrogens is 610 g/mol. The Balaban J connectivity index is 1.37. The highest BCUT2D eigenvalue weighted by Gasteiger charge is 2.32. The standard InChI is InChI=1S/C39H50ClN3O4/c1-2-3-18-35-42-37(40)33(24-32(39(46)47)23-27-12-6-4-7-13-27)43(35)26-28-19-21-31(22-20-28)36(30-16-10-11-17-30)38(45)41-25-34(44)29-14-8-5-9-15-29/h5,8-9,14-15,19-22,24,27,30,34,36,44H,2-4,6-7,10-13,16-18,23,25-26H2,1H3,(H,41,45)(H,46,47)/b32-24+. The molecule has 1 amide bonds. The van der Waals surface area contributed by atoms with Gasteiger partial charge in [-0.15, -0.1) is 0 Å². The van der Waals surface area contributed by atoms with E-state index in [1.54, 1.807) is 6.08 Å². The fourth-order valence-corrected chi connectivity index (χ4v) is 7.69. The van der Waals surface area contributed by atoms with Crippen molar-refractivity contribution in [3.63, 3.8) is 0 Å². The number of benzene rings is 2. The van der Waals surface area contributed by atoms with Crippen molar-refractivity contribution in [3.05, 3.63) is 93.5 Å². The molecular formula is C39H50ClN3O4. The Morgan fingerprint density at radius 3 is 2.32 bits per heavy atom. The van der Waals surface area contributed by atoms with Crippen LogP contribution in [0.4, 0.5) is 0 Å². The molecule has 47 heavy (non-hydrogen) atoms. The first-order valence-electron chi connectivity index (χ1n) is 17.6. The maximum atomic E-state index is 13.6. The molecule has 5 rings (SSSR count). The number of hydrogen-bond donors (Lipinski definition) is 3. The van der Waals surface area contributed by atoms with Crippen LogP contribution in [0, 0.1) is 11.8 Å². The zero-order valence-electron chi connectivity index (χ0n) is 27.7. The number of nitrogens with zero attached hydrogens (tertiary/aromatic N) is 2. The summed E-state index contributed by atoms with van der Waals surface area (Å²) >= 11 is 6.72. The highest BCUT2D eigenvalue weighted by atomic mass is 35.5. The third-order valence-corrected chi connectivity index (χ3v) is 10.4. The summed E-state index contributed by atoms with van der Waals surface area (Å²) in [7, 11) is 0. The molecule has 8 heteroatoms. The largest absolute Gasteiger partial charge is 0.478 e. The number of carbonyl (C=O) groups is 2. The van der Waals surface area contributed by atoms with Gasteiger partial charge in [-0.3, -0.25) is 4.79 Å². The summed E-state index contributed by atoms with van der Waals surface area (Å²) < 4.78 is 2.07. The predicted molar refractivity (Wildman–Crippen MR) is 187 cm³/mol. The van der Waals surface area contributed by atoms with E-state index in [1.807, 2.05) is 30.3 Å². The normalized spacial score (nSPS) is 17.5. The number of nitrogens with one attached hydrogen (secondary N) is 1. The first kappa shape index (κ1) is 34.9. The lowest BCUT2D eigenvalue weighted by Crippen LogP contribution is -2.35. The summed E-state index contributed by atoms with van der Waals surface area (Å²) in [6.07, 6.45) is 14.2. The summed E-state index contributed by atoms with van der Waals surface area (Å²) in [5.41, 5.74) is 3.83. The average molecular weight is 660 g/mol. The average Bonchev–Trinajstić information content (AvgIpc) is 3.72. The van der Waals surface area contributed by atoms with Crippen LogP contribution in [0.1, 0.15) is 124 Å². The van der Waals surface area contributed by atoms with E-state index in [-0.39, 0.29) is 24.3 Å². The summed E-state index contributed by atoms with van der Waals surface area (Å²) in [5, 5.41) is 24.2. The minimum atomic E-state index is -0.897. The molecule has 7 nitrogen and oxygen atoms in total. The number of aliphatic carboxylic acids is 1. The van der Waals surface area contributed by atoms with Crippen LogP contribution in [0.3, 0.4) is 0 Å². The van der Waals surface area contributed by atoms with Crippen LogP contribution < -0.4 is 5.32 Å². The lowest BCUT2D eigenvalue weighted by molar-refractivity contribution is -0.132. The molecule has 3 N–H and O–H groups in total. The number of amides is 1. The van der Waals surface area contributed by atoms with Gasteiger partial charge in [-0.2, -0.15) is 0 Å². The number of rotatable bonds is 15. The minimum Gasteiger partial charge on any atom is -0.478 e. The van der Waals surface area contributed by atoms with E-state index in [4.69, 9.17) is 16.6 Å². The second-order valence-electron chi connectivity index (χ2n) is 13.5.